The van der Waals surface area contributed by atoms with E-state index in [1.807, 2.05) is 48.5 Å². The maximum atomic E-state index is 12.5. The van der Waals surface area contributed by atoms with E-state index in [0.29, 0.717) is 25.4 Å². The first-order chi connectivity index (χ1) is 16.2. The van der Waals surface area contributed by atoms with Crippen LogP contribution in [0.1, 0.15) is 18.4 Å². The van der Waals surface area contributed by atoms with Crippen molar-refractivity contribution < 1.29 is 19.1 Å². The second-order valence-electron chi connectivity index (χ2n) is 7.92. The second-order valence-corrected chi connectivity index (χ2v) is 7.92. The minimum atomic E-state index is -0.602. The first kappa shape index (κ1) is 22.3. The van der Waals surface area contributed by atoms with Crippen LogP contribution in [-0.4, -0.2) is 58.3 Å². The molecule has 33 heavy (non-hydrogen) atoms. The van der Waals surface area contributed by atoms with E-state index in [2.05, 4.69) is 20.5 Å². The van der Waals surface area contributed by atoms with Crippen LogP contribution in [0.15, 0.2) is 60.9 Å². The summed E-state index contributed by atoms with van der Waals surface area (Å²) < 4.78 is 11.1. The van der Waals surface area contributed by atoms with Crippen molar-refractivity contribution in [3.05, 3.63) is 66.5 Å². The maximum absolute atomic E-state index is 12.5. The lowest BCUT2D eigenvalue weighted by Gasteiger charge is -2.32. The number of likely N-dealkylation sites (tertiary alicyclic amines) is 1. The largest absolute Gasteiger partial charge is 0.492 e. The summed E-state index contributed by atoms with van der Waals surface area (Å²) in [6.07, 6.45) is 4.65. The maximum Gasteiger partial charge on any atom is 0.407 e. The number of nitrogens with one attached hydrogen (secondary N) is 2. The van der Waals surface area contributed by atoms with Crippen LogP contribution in [0.4, 0.5) is 4.79 Å². The van der Waals surface area contributed by atoms with Gasteiger partial charge in [0.05, 0.1) is 24.2 Å². The molecular weight excluding hydrogens is 422 g/mol. The molecule has 4 rings (SSSR count). The van der Waals surface area contributed by atoms with Crippen molar-refractivity contribution in [1.29, 1.82) is 0 Å². The topological polar surface area (TPSA) is 109 Å². The third-order valence-electron chi connectivity index (χ3n) is 5.47. The van der Waals surface area contributed by atoms with Gasteiger partial charge in [-0.15, -0.1) is 0 Å². The first-order valence-electron chi connectivity index (χ1n) is 11.0. The number of alkyl carbamates (subject to hydrolysis) is 1. The summed E-state index contributed by atoms with van der Waals surface area (Å²) in [6.45, 7) is 1.86. The molecule has 1 aliphatic heterocycles. The predicted octanol–water partition coefficient (Wildman–Crippen LogP) is 3.02. The molecule has 2 amide bonds. The summed E-state index contributed by atoms with van der Waals surface area (Å²) >= 11 is 0. The summed E-state index contributed by atoms with van der Waals surface area (Å²) in [6, 6.07) is 15.0. The Morgan fingerprint density at radius 2 is 2.03 bits per heavy atom. The average molecular weight is 450 g/mol. The molecule has 0 radical (unpaired) electrons. The molecule has 0 unspecified atom stereocenters. The lowest BCUT2D eigenvalue weighted by Crippen LogP contribution is -2.46. The lowest BCUT2D eigenvalue weighted by atomic mass is 9.99. The van der Waals surface area contributed by atoms with Crippen molar-refractivity contribution in [3.63, 3.8) is 0 Å². The molecule has 1 aliphatic rings. The smallest absolute Gasteiger partial charge is 0.407 e. The lowest BCUT2D eigenvalue weighted by molar-refractivity contribution is -0.132. The number of ether oxygens (including phenoxy) is 2. The predicted molar refractivity (Wildman–Crippen MR) is 121 cm³/mol. The van der Waals surface area contributed by atoms with Gasteiger partial charge in [0.15, 0.2) is 0 Å². The van der Waals surface area contributed by atoms with Gasteiger partial charge in [0, 0.05) is 25.2 Å². The molecule has 1 aromatic carbocycles. The molecule has 3 aromatic rings. The number of piperidine rings is 1. The molecule has 0 saturated carbocycles. The standard InChI is InChI=1S/C24H27N5O4/c30-23(14-26-24(31)33-16-18-5-2-1-3-6-18)29-12-4-7-19(15-29)17-32-20-8-9-21(25-13-20)22-10-11-27-28-22/h1-3,5-6,8-11,13,19H,4,7,12,14-17H2,(H,26,31)(H,27,28)/t19-/m1/s1. The molecule has 9 heteroatoms. The summed E-state index contributed by atoms with van der Waals surface area (Å²) in [7, 11) is 0. The van der Waals surface area contributed by atoms with E-state index in [9.17, 15) is 9.59 Å². The molecule has 9 nitrogen and oxygen atoms in total. The molecule has 2 aromatic heterocycles. The van der Waals surface area contributed by atoms with Crippen LogP contribution < -0.4 is 10.1 Å². The molecular formula is C24H27N5O4. The minimum absolute atomic E-state index is 0.0832. The Hall–Kier alpha value is -3.88. The van der Waals surface area contributed by atoms with Gasteiger partial charge in [0.25, 0.3) is 0 Å². The molecule has 0 aliphatic carbocycles. The zero-order valence-electron chi connectivity index (χ0n) is 18.3. The van der Waals surface area contributed by atoms with E-state index in [4.69, 9.17) is 9.47 Å². The van der Waals surface area contributed by atoms with Gasteiger partial charge in [-0.05, 0) is 36.6 Å². The summed E-state index contributed by atoms with van der Waals surface area (Å²) in [5.41, 5.74) is 2.54. The fourth-order valence-electron chi connectivity index (χ4n) is 3.70. The fourth-order valence-corrected chi connectivity index (χ4v) is 3.70. The molecule has 1 atom stereocenters. The van der Waals surface area contributed by atoms with E-state index >= 15 is 0 Å². The van der Waals surface area contributed by atoms with Crippen molar-refractivity contribution in [3.8, 4) is 17.1 Å². The number of aromatic nitrogens is 3. The van der Waals surface area contributed by atoms with E-state index < -0.39 is 6.09 Å². The Bertz CT molecular complexity index is 1020. The SMILES string of the molecule is O=C(NCC(=O)N1CCC[C@@H](COc2ccc(-c3ccn[nH]3)nc2)C1)OCc1ccccc1. The Labute approximate surface area is 192 Å². The number of amides is 2. The molecule has 0 spiro atoms. The van der Waals surface area contributed by atoms with Gasteiger partial charge in [-0.25, -0.2) is 4.79 Å². The van der Waals surface area contributed by atoms with Gasteiger partial charge in [-0.3, -0.25) is 14.9 Å². The number of pyridine rings is 1. The highest BCUT2D eigenvalue weighted by molar-refractivity contribution is 5.82. The van der Waals surface area contributed by atoms with E-state index in [0.717, 1.165) is 29.8 Å². The van der Waals surface area contributed by atoms with Crippen molar-refractivity contribution in [2.45, 2.75) is 19.4 Å². The number of hydrogen-bond acceptors (Lipinski definition) is 6. The molecule has 0 bridgehead atoms. The van der Waals surface area contributed by atoms with Gasteiger partial charge in [-0.1, -0.05) is 30.3 Å². The normalized spacial score (nSPS) is 15.6. The zero-order valence-corrected chi connectivity index (χ0v) is 18.3. The number of benzene rings is 1. The van der Waals surface area contributed by atoms with Crippen LogP contribution in [0.2, 0.25) is 0 Å². The highest BCUT2D eigenvalue weighted by atomic mass is 16.5. The van der Waals surface area contributed by atoms with Gasteiger partial charge in [-0.2, -0.15) is 5.10 Å². The van der Waals surface area contributed by atoms with Crippen LogP contribution in [0, 0.1) is 5.92 Å². The van der Waals surface area contributed by atoms with Crippen LogP contribution >= 0.6 is 0 Å². The number of hydrogen-bond donors (Lipinski definition) is 2. The Morgan fingerprint density at radius 3 is 2.79 bits per heavy atom. The fraction of sp³-hybridized carbons (Fsp3) is 0.333. The number of aromatic amines is 1. The average Bonchev–Trinajstić information content (AvgIpc) is 3.41. The molecule has 3 heterocycles. The third kappa shape index (κ3) is 6.55. The summed E-state index contributed by atoms with van der Waals surface area (Å²) in [4.78, 5) is 30.6. The Kier molecular flexibility index (Phi) is 7.52. The molecule has 172 valence electrons. The number of rotatable bonds is 8. The van der Waals surface area contributed by atoms with E-state index in [-0.39, 0.29) is 25.0 Å². The Morgan fingerprint density at radius 1 is 1.15 bits per heavy atom. The van der Waals surface area contributed by atoms with Crippen molar-refractivity contribution in [1.82, 2.24) is 25.4 Å². The number of nitrogens with zero attached hydrogens (tertiary/aromatic N) is 3. The molecule has 1 fully saturated rings. The minimum Gasteiger partial charge on any atom is -0.492 e. The zero-order chi connectivity index (χ0) is 22.9. The van der Waals surface area contributed by atoms with Crippen LogP contribution in [-0.2, 0) is 16.1 Å². The van der Waals surface area contributed by atoms with Crippen LogP contribution in [0.25, 0.3) is 11.4 Å². The Balaban J connectivity index is 1.18. The third-order valence-corrected chi connectivity index (χ3v) is 5.47. The number of H-pyrrole nitrogens is 1. The van der Waals surface area contributed by atoms with Crippen molar-refractivity contribution in [2.75, 3.05) is 26.2 Å². The van der Waals surface area contributed by atoms with Crippen molar-refractivity contribution >= 4 is 12.0 Å². The first-order valence-corrected chi connectivity index (χ1v) is 11.0. The molecule has 1 saturated heterocycles. The highest BCUT2D eigenvalue weighted by Gasteiger charge is 2.24. The number of carbonyl (C=O) groups is 2. The van der Waals surface area contributed by atoms with Gasteiger partial charge in [0.1, 0.15) is 18.9 Å². The van der Waals surface area contributed by atoms with E-state index in [1.54, 1.807) is 17.3 Å². The highest BCUT2D eigenvalue weighted by Crippen LogP contribution is 2.20. The quantitative estimate of drug-likeness (QED) is 0.547. The summed E-state index contributed by atoms with van der Waals surface area (Å²) in [5.74, 6) is 0.784. The second kappa shape index (κ2) is 11.1. The summed E-state index contributed by atoms with van der Waals surface area (Å²) in [5, 5.41) is 9.35. The monoisotopic (exact) mass is 449 g/mol. The van der Waals surface area contributed by atoms with Crippen LogP contribution in [0.3, 0.4) is 0 Å². The van der Waals surface area contributed by atoms with Crippen LogP contribution in [0.5, 0.6) is 5.75 Å². The van der Waals surface area contributed by atoms with Crippen molar-refractivity contribution in [2.24, 2.45) is 5.92 Å². The van der Waals surface area contributed by atoms with Gasteiger partial charge < -0.3 is 19.7 Å². The molecule has 2 N–H and O–H groups in total. The van der Waals surface area contributed by atoms with Gasteiger partial charge >= 0.3 is 6.09 Å². The van der Waals surface area contributed by atoms with E-state index in [1.165, 1.54) is 0 Å². The van der Waals surface area contributed by atoms with Gasteiger partial charge in [0.2, 0.25) is 5.91 Å². The number of carbonyl (C=O) groups excluding carboxylic acids is 2.